The maximum Gasteiger partial charge on any atom is 0.337 e. The molecule has 3 rings (SSSR count). The Labute approximate surface area is 116 Å². The molecule has 0 bridgehead atoms. The molecule has 0 unspecified atom stereocenters. The third-order valence-corrected chi connectivity index (χ3v) is 3.45. The highest BCUT2D eigenvalue weighted by molar-refractivity contribution is 5.89. The average Bonchev–Trinajstić information content (AvgIpc) is 2.74. The minimum atomic E-state index is -0.915. The fourth-order valence-corrected chi connectivity index (χ4v) is 2.55. The third-order valence-electron chi connectivity index (χ3n) is 3.45. The molecule has 0 saturated carbocycles. The summed E-state index contributed by atoms with van der Waals surface area (Å²) in [5.41, 5.74) is 2.76. The predicted molar refractivity (Wildman–Crippen MR) is 73.2 cm³/mol. The summed E-state index contributed by atoms with van der Waals surface area (Å²) in [5.74, 6) is 0.501. The van der Waals surface area contributed by atoms with Crippen LogP contribution in [0.4, 0.5) is 0 Å². The Morgan fingerprint density at radius 3 is 2.50 bits per heavy atom. The predicted octanol–water partition coefficient (Wildman–Crippen LogP) is 2.56. The summed E-state index contributed by atoms with van der Waals surface area (Å²) >= 11 is 0. The van der Waals surface area contributed by atoms with E-state index in [4.69, 9.17) is 9.47 Å². The van der Waals surface area contributed by atoms with Crippen molar-refractivity contribution >= 4 is 5.97 Å². The van der Waals surface area contributed by atoms with Crippen LogP contribution in [0.25, 0.3) is 5.69 Å². The Kier molecular flexibility index (Phi) is 2.89. The van der Waals surface area contributed by atoms with Gasteiger partial charge in [0.1, 0.15) is 13.2 Å². The van der Waals surface area contributed by atoms with Crippen molar-refractivity contribution in [3.63, 3.8) is 0 Å². The molecule has 1 aromatic heterocycles. The van der Waals surface area contributed by atoms with E-state index in [1.54, 1.807) is 13.0 Å². The van der Waals surface area contributed by atoms with E-state index in [0.717, 1.165) is 17.1 Å². The van der Waals surface area contributed by atoms with Crippen LogP contribution in [0.2, 0.25) is 0 Å². The molecule has 0 aliphatic carbocycles. The first kappa shape index (κ1) is 12.6. The van der Waals surface area contributed by atoms with E-state index in [9.17, 15) is 9.90 Å². The number of aromatic carboxylic acids is 1. The molecule has 2 heterocycles. The van der Waals surface area contributed by atoms with Crippen LogP contribution in [0.5, 0.6) is 11.5 Å². The zero-order valence-corrected chi connectivity index (χ0v) is 11.3. The summed E-state index contributed by atoms with van der Waals surface area (Å²) in [6.45, 7) is 4.76. The van der Waals surface area contributed by atoms with Crippen molar-refractivity contribution in [2.75, 3.05) is 13.2 Å². The molecule has 20 heavy (non-hydrogen) atoms. The molecule has 0 saturated heterocycles. The summed E-state index contributed by atoms with van der Waals surface area (Å²) in [7, 11) is 0. The number of fused-ring (bicyclic) bond motifs is 1. The molecule has 104 valence electrons. The van der Waals surface area contributed by atoms with E-state index < -0.39 is 5.97 Å². The van der Waals surface area contributed by atoms with Gasteiger partial charge in [-0.3, -0.25) is 0 Å². The number of ether oxygens (including phenoxy) is 2. The van der Waals surface area contributed by atoms with Gasteiger partial charge in [-0.2, -0.15) is 0 Å². The van der Waals surface area contributed by atoms with Crippen LogP contribution < -0.4 is 9.47 Å². The Morgan fingerprint density at radius 1 is 1.15 bits per heavy atom. The number of nitrogens with zero attached hydrogens (tertiary/aromatic N) is 1. The summed E-state index contributed by atoms with van der Waals surface area (Å²) < 4.78 is 13.0. The molecule has 5 heteroatoms. The minimum Gasteiger partial charge on any atom is -0.486 e. The Bertz CT molecular complexity index is 687. The van der Waals surface area contributed by atoms with Gasteiger partial charge in [-0.05, 0) is 32.0 Å². The van der Waals surface area contributed by atoms with Crippen molar-refractivity contribution in [3.8, 4) is 17.2 Å². The molecule has 0 atom stereocenters. The largest absolute Gasteiger partial charge is 0.486 e. The van der Waals surface area contributed by atoms with Gasteiger partial charge in [0.2, 0.25) is 0 Å². The number of carboxylic acid groups (broad SMARTS) is 1. The lowest BCUT2D eigenvalue weighted by Crippen LogP contribution is -2.15. The first-order chi connectivity index (χ1) is 9.58. The van der Waals surface area contributed by atoms with Crippen molar-refractivity contribution in [3.05, 3.63) is 41.2 Å². The summed E-state index contributed by atoms with van der Waals surface area (Å²) in [4.78, 5) is 11.2. The molecule has 0 amide bonds. The van der Waals surface area contributed by atoms with Crippen molar-refractivity contribution < 1.29 is 19.4 Å². The van der Waals surface area contributed by atoms with Crippen molar-refractivity contribution in [1.29, 1.82) is 0 Å². The lowest BCUT2D eigenvalue weighted by molar-refractivity contribution is 0.0696. The number of aromatic nitrogens is 1. The Balaban J connectivity index is 2.11. The second kappa shape index (κ2) is 4.59. The Hall–Kier alpha value is -2.43. The highest BCUT2D eigenvalue weighted by Gasteiger charge is 2.18. The van der Waals surface area contributed by atoms with Crippen molar-refractivity contribution in [1.82, 2.24) is 4.57 Å². The van der Waals surface area contributed by atoms with Crippen LogP contribution >= 0.6 is 0 Å². The quantitative estimate of drug-likeness (QED) is 0.913. The van der Waals surface area contributed by atoms with Gasteiger partial charge in [-0.15, -0.1) is 0 Å². The van der Waals surface area contributed by atoms with Gasteiger partial charge >= 0.3 is 5.97 Å². The second-order valence-corrected chi connectivity index (χ2v) is 4.75. The van der Waals surface area contributed by atoms with Crippen LogP contribution in [0.3, 0.4) is 0 Å². The fourth-order valence-electron chi connectivity index (χ4n) is 2.55. The number of hydrogen-bond acceptors (Lipinski definition) is 3. The van der Waals surface area contributed by atoms with E-state index in [-0.39, 0.29) is 0 Å². The average molecular weight is 273 g/mol. The first-order valence-electron chi connectivity index (χ1n) is 6.40. The maximum absolute atomic E-state index is 11.2. The molecule has 1 aliphatic rings. The smallest absolute Gasteiger partial charge is 0.337 e. The zero-order valence-electron chi connectivity index (χ0n) is 11.3. The third kappa shape index (κ3) is 1.91. The molecule has 0 radical (unpaired) electrons. The van der Waals surface area contributed by atoms with Crippen LogP contribution in [-0.2, 0) is 0 Å². The van der Waals surface area contributed by atoms with Gasteiger partial charge in [0.05, 0.1) is 5.56 Å². The number of carbonyl (C=O) groups is 1. The number of carboxylic acids is 1. The van der Waals surface area contributed by atoms with E-state index in [1.165, 1.54) is 0 Å². The molecule has 1 N–H and O–H groups in total. The summed E-state index contributed by atoms with van der Waals surface area (Å²) in [6, 6.07) is 7.30. The standard InChI is InChI=1S/C15H15NO4/c1-9-7-12(15(17)18)10(2)16(9)11-3-4-13-14(8-11)20-6-5-19-13/h3-4,7-8H,5-6H2,1-2H3,(H,17,18). The van der Waals surface area contributed by atoms with E-state index >= 15 is 0 Å². The topological polar surface area (TPSA) is 60.7 Å². The van der Waals surface area contributed by atoms with Gasteiger partial charge in [0.15, 0.2) is 11.5 Å². The van der Waals surface area contributed by atoms with Crippen LogP contribution in [0, 0.1) is 13.8 Å². The molecular formula is C15H15NO4. The van der Waals surface area contributed by atoms with Gasteiger partial charge in [-0.25, -0.2) is 4.79 Å². The molecule has 2 aromatic rings. The number of aryl methyl sites for hydroxylation is 1. The fraction of sp³-hybridized carbons (Fsp3) is 0.267. The highest BCUT2D eigenvalue weighted by atomic mass is 16.6. The number of benzene rings is 1. The van der Waals surface area contributed by atoms with Crippen LogP contribution in [-0.4, -0.2) is 28.9 Å². The molecule has 1 aliphatic heterocycles. The van der Waals surface area contributed by atoms with Gasteiger partial charge in [-0.1, -0.05) is 0 Å². The van der Waals surface area contributed by atoms with Gasteiger partial charge < -0.3 is 19.1 Å². The second-order valence-electron chi connectivity index (χ2n) is 4.75. The van der Waals surface area contributed by atoms with Crippen molar-refractivity contribution in [2.45, 2.75) is 13.8 Å². The normalized spacial score (nSPS) is 13.3. The number of rotatable bonds is 2. The van der Waals surface area contributed by atoms with Gasteiger partial charge in [0, 0.05) is 23.1 Å². The van der Waals surface area contributed by atoms with E-state index in [1.807, 2.05) is 29.7 Å². The lowest BCUT2D eigenvalue weighted by atomic mass is 10.2. The van der Waals surface area contributed by atoms with E-state index in [2.05, 4.69) is 0 Å². The van der Waals surface area contributed by atoms with E-state index in [0.29, 0.717) is 30.2 Å². The summed E-state index contributed by atoms with van der Waals surface area (Å²) in [6.07, 6.45) is 0. The monoisotopic (exact) mass is 273 g/mol. The molecule has 0 fully saturated rings. The van der Waals surface area contributed by atoms with Gasteiger partial charge in [0.25, 0.3) is 0 Å². The molecule has 5 nitrogen and oxygen atoms in total. The Morgan fingerprint density at radius 2 is 1.85 bits per heavy atom. The zero-order chi connectivity index (χ0) is 14.3. The summed E-state index contributed by atoms with van der Waals surface area (Å²) in [5, 5.41) is 9.18. The molecular weight excluding hydrogens is 258 g/mol. The number of hydrogen-bond donors (Lipinski definition) is 1. The minimum absolute atomic E-state index is 0.317. The molecule has 0 spiro atoms. The lowest BCUT2D eigenvalue weighted by Gasteiger charge is -2.20. The van der Waals surface area contributed by atoms with Crippen LogP contribution in [0.15, 0.2) is 24.3 Å². The SMILES string of the molecule is Cc1cc(C(=O)O)c(C)n1-c1ccc2c(c1)OCCO2. The highest BCUT2D eigenvalue weighted by Crippen LogP contribution is 2.33. The maximum atomic E-state index is 11.2. The first-order valence-corrected chi connectivity index (χ1v) is 6.40. The van der Waals surface area contributed by atoms with Crippen molar-refractivity contribution in [2.24, 2.45) is 0 Å². The molecule has 1 aromatic carbocycles. The van der Waals surface area contributed by atoms with Crippen LogP contribution in [0.1, 0.15) is 21.7 Å².